The Kier molecular flexibility index (Phi) is 5.35. The van der Waals surface area contributed by atoms with Gasteiger partial charge >= 0.3 is 5.97 Å². The van der Waals surface area contributed by atoms with Gasteiger partial charge in [0.15, 0.2) is 11.5 Å². The van der Waals surface area contributed by atoms with Crippen LogP contribution in [0.1, 0.15) is 39.2 Å². The van der Waals surface area contributed by atoms with Gasteiger partial charge in [-0.2, -0.15) is 0 Å². The van der Waals surface area contributed by atoms with E-state index in [2.05, 4.69) is 15.1 Å². The molecule has 0 N–H and O–H groups in total. The molecule has 0 bridgehead atoms. The normalized spacial score (nSPS) is 14.2. The number of amides is 1. The average Bonchev–Trinajstić information content (AvgIpc) is 3.10. The lowest BCUT2D eigenvalue weighted by Crippen LogP contribution is -2.49. The van der Waals surface area contributed by atoms with E-state index < -0.39 is 5.97 Å². The largest absolute Gasteiger partial charge is 0.461 e. The van der Waals surface area contributed by atoms with Crippen molar-refractivity contribution in [2.45, 2.75) is 20.8 Å². The highest BCUT2D eigenvalue weighted by Crippen LogP contribution is 2.24. The third kappa shape index (κ3) is 3.58. The first-order valence-corrected chi connectivity index (χ1v) is 9.90. The molecule has 1 fully saturated rings. The topological polar surface area (TPSA) is 102 Å². The summed E-state index contributed by atoms with van der Waals surface area (Å²) in [6.07, 6.45) is 0. The number of piperazine rings is 1. The van der Waals surface area contributed by atoms with E-state index in [0.29, 0.717) is 60.0 Å². The molecule has 1 aromatic carbocycles. The van der Waals surface area contributed by atoms with Gasteiger partial charge in [-0.1, -0.05) is 17.3 Å². The summed E-state index contributed by atoms with van der Waals surface area (Å²) < 4.78 is 10.3. The number of carbonyl (C=O) groups is 2. The number of para-hydroxylation sites is 2. The monoisotopic (exact) mass is 409 g/mol. The molecule has 1 aliphatic heterocycles. The second-order valence-electron chi connectivity index (χ2n) is 7.08. The van der Waals surface area contributed by atoms with Crippen molar-refractivity contribution in [1.82, 2.24) is 20.0 Å². The molecule has 0 aliphatic carbocycles. The number of anilines is 1. The number of rotatable bonds is 4. The van der Waals surface area contributed by atoms with Crippen LogP contribution in [-0.2, 0) is 4.74 Å². The Morgan fingerprint density at radius 3 is 2.33 bits per heavy atom. The van der Waals surface area contributed by atoms with Crippen LogP contribution in [0.5, 0.6) is 0 Å². The van der Waals surface area contributed by atoms with Crippen LogP contribution >= 0.6 is 0 Å². The molecule has 0 saturated carbocycles. The minimum absolute atomic E-state index is 0.0962. The fourth-order valence-corrected chi connectivity index (χ4v) is 3.62. The molecular formula is C21H23N5O4. The second-order valence-corrected chi connectivity index (χ2v) is 7.08. The Morgan fingerprint density at radius 1 is 1.07 bits per heavy atom. The first-order valence-electron chi connectivity index (χ1n) is 9.90. The fourth-order valence-electron chi connectivity index (χ4n) is 3.62. The number of aryl methyl sites for hydroxylation is 2. The van der Waals surface area contributed by atoms with Gasteiger partial charge in [-0.3, -0.25) is 4.79 Å². The summed E-state index contributed by atoms with van der Waals surface area (Å²) in [5.74, 6) is 0.405. The summed E-state index contributed by atoms with van der Waals surface area (Å²) >= 11 is 0. The fraction of sp³-hybridized carbons (Fsp3) is 0.381. The maximum atomic E-state index is 12.9. The van der Waals surface area contributed by atoms with Crippen molar-refractivity contribution < 1.29 is 18.8 Å². The highest BCUT2D eigenvalue weighted by Gasteiger charge is 2.29. The molecule has 3 aromatic rings. The lowest BCUT2D eigenvalue weighted by molar-refractivity contribution is 0.0519. The molecule has 0 spiro atoms. The van der Waals surface area contributed by atoms with E-state index in [1.165, 1.54) is 0 Å². The Balaban J connectivity index is 1.59. The summed E-state index contributed by atoms with van der Waals surface area (Å²) in [7, 11) is 0. The molecule has 4 rings (SSSR count). The summed E-state index contributed by atoms with van der Waals surface area (Å²) in [4.78, 5) is 38.3. The molecule has 9 nitrogen and oxygen atoms in total. The van der Waals surface area contributed by atoms with Crippen LogP contribution in [0.4, 0.5) is 5.82 Å². The SMILES string of the molecule is CCOC(=O)c1nc2ccccc2nc1N1CCN(C(=O)c2c(C)noc2C)CC1. The van der Waals surface area contributed by atoms with Crippen molar-refractivity contribution in [2.24, 2.45) is 0 Å². The predicted molar refractivity (Wildman–Crippen MR) is 110 cm³/mol. The van der Waals surface area contributed by atoms with Gasteiger partial charge in [0.05, 0.1) is 23.3 Å². The molecule has 0 unspecified atom stereocenters. The number of hydrogen-bond donors (Lipinski definition) is 0. The summed E-state index contributed by atoms with van der Waals surface area (Å²) in [5, 5.41) is 3.87. The summed E-state index contributed by atoms with van der Waals surface area (Å²) in [6.45, 7) is 7.52. The van der Waals surface area contributed by atoms with Gasteiger partial charge < -0.3 is 19.1 Å². The Labute approximate surface area is 173 Å². The minimum Gasteiger partial charge on any atom is -0.461 e. The zero-order valence-corrected chi connectivity index (χ0v) is 17.2. The highest BCUT2D eigenvalue weighted by atomic mass is 16.5. The molecular weight excluding hydrogens is 386 g/mol. The van der Waals surface area contributed by atoms with Crippen LogP contribution in [0.15, 0.2) is 28.8 Å². The van der Waals surface area contributed by atoms with E-state index in [0.717, 1.165) is 0 Å². The molecule has 2 aromatic heterocycles. The summed E-state index contributed by atoms with van der Waals surface area (Å²) in [6, 6.07) is 7.41. The van der Waals surface area contributed by atoms with Gasteiger partial charge in [-0.15, -0.1) is 0 Å². The van der Waals surface area contributed by atoms with Gasteiger partial charge in [0.2, 0.25) is 0 Å². The van der Waals surface area contributed by atoms with Gasteiger partial charge in [0.1, 0.15) is 11.3 Å². The first-order chi connectivity index (χ1) is 14.5. The molecule has 0 radical (unpaired) electrons. The summed E-state index contributed by atoms with van der Waals surface area (Å²) in [5.41, 5.74) is 2.64. The molecule has 0 atom stereocenters. The maximum Gasteiger partial charge on any atom is 0.360 e. The van der Waals surface area contributed by atoms with E-state index in [1.54, 1.807) is 25.7 Å². The van der Waals surface area contributed by atoms with Crippen molar-refractivity contribution in [3.63, 3.8) is 0 Å². The van der Waals surface area contributed by atoms with E-state index >= 15 is 0 Å². The standard InChI is InChI=1S/C21H23N5O4/c1-4-29-21(28)18-19(23-16-8-6-5-7-15(16)22-18)25-9-11-26(12-10-25)20(27)17-13(2)24-30-14(17)3/h5-8H,4,9-12H2,1-3H3. The number of benzene rings is 1. The van der Waals surface area contributed by atoms with Gasteiger partial charge in [-0.05, 0) is 32.9 Å². The molecule has 9 heteroatoms. The zero-order chi connectivity index (χ0) is 21.3. The number of ether oxygens (including phenoxy) is 1. The smallest absolute Gasteiger partial charge is 0.360 e. The van der Waals surface area contributed by atoms with E-state index in [-0.39, 0.29) is 18.2 Å². The average molecular weight is 409 g/mol. The lowest BCUT2D eigenvalue weighted by atomic mass is 10.1. The third-order valence-corrected chi connectivity index (χ3v) is 5.13. The molecule has 1 amide bonds. The molecule has 3 heterocycles. The van der Waals surface area contributed by atoms with Gasteiger partial charge in [0.25, 0.3) is 5.91 Å². The van der Waals surface area contributed by atoms with Crippen molar-refractivity contribution >= 4 is 28.7 Å². The number of nitrogens with zero attached hydrogens (tertiary/aromatic N) is 5. The number of esters is 1. The quantitative estimate of drug-likeness (QED) is 0.605. The molecule has 156 valence electrons. The van der Waals surface area contributed by atoms with Crippen molar-refractivity contribution in [3.05, 3.63) is 47.0 Å². The lowest BCUT2D eigenvalue weighted by Gasteiger charge is -2.35. The second kappa shape index (κ2) is 8.10. The van der Waals surface area contributed by atoms with Gasteiger partial charge in [0, 0.05) is 26.2 Å². The molecule has 30 heavy (non-hydrogen) atoms. The van der Waals surface area contributed by atoms with E-state index in [1.807, 2.05) is 29.2 Å². The number of carbonyl (C=O) groups excluding carboxylic acids is 2. The van der Waals surface area contributed by atoms with Gasteiger partial charge in [-0.25, -0.2) is 14.8 Å². The highest BCUT2D eigenvalue weighted by molar-refractivity contribution is 5.97. The Morgan fingerprint density at radius 2 is 1.73 bits per heavy atom. The zero-order valence-electron chi connectivity index (χ0n) is 17.2. The van der Waals surface area contributed by atoms with Crippen LogP contribution in [0.25, 0.3) is 11.0 Å². The van der Waals surface area contributed by atoms with Crippen LogP contribution < -0.4 is 4.90 Å². The van der Waals surface area contributed by atoms with Crippen LogP contribution in [0.2, 0.25) is 0 Å². The van der Waals surface area contributed by atoms with Crippen molar-refractivity contribution in [1.29, 1.82) is 0 Å². The number of aromatic nitrogens is 3. The Bertz CT molecular complexity index is 1080. The third-order valence-electron chi connectivity index (χ3n) is 5.13. The predicted octanol–water partition coefficient (Wildman–Crippen LogP) is 2.37. The van der Waals surface area contributed by atoms with Crippen molar-refractivity contribution in [2.75, 3.05) is 37.7 Å². The van der Waals surface area contributed by atoms with Crippen LogP contribution in [-0.4, -0.2) is 64.7 Å². The van der Waals surface area contributed by atoms with E-state index in [4.69, 9.17) is 9.26 Å². The van der Waals surface area contributed by atoms with Crippen molar-refractivity contribution in [3.8, 4) is 0 Å². The van der Waals surface area contributed by atoms with Crippen LogP contribution in [0, 0.1) is 13.8 Å². The minimum atomic E-state index is -0.500. The molecule has 1 aliphatic rings. The Hall–Kier alpha value is -3.49. The number of fused-ring (bicyclic) bond motifs is 1. The number of hydrogen-bond acceptors (Lipinski definition) is 8. The molecule has 1 saturated heterocycles. The van der Waals surface area contributed by atoms with E-state index in [9.17, 15) is 9.59 Å². The van der Waals surface area contributed by atoms with Crippen LogP contribution in [0.3, 0.4) is 0 Å². The first kappa shape index (κ1) is 19.8. The maximum absolute atomic E-state index is 12.9.